The molecule has 17 heavy (non-hydrogen) atoms. The molecule has 4 heteroatoms. The SMILES string of the molecule is CCC(CN)CC(=O)Cc1ccc(F)c(F)c1. The highest BCUT2D eigenvalue weighted by Crippen LogP contribution is 2.13. The second-order valence-corrected chi connectivity index (χ2v) is 4.18. The number of hydrogen-bond acceptors (Lipinski definition) is 2. The van der Waals surface area contributed by atoms with Crippen molar-refractivity contribution in [2.45, 2.75) is 26.2 Å². The lowest BCUT2D eigenvalue weighted by Gasteiger charge is -2.10. The number of carbonyl (C=O) groups is 1. The summed E-state index contributed by atoms with van der Waals surface area (Å²) in [6, 6.07) is 3.54. The molecule has 1 aromatic carbocycles. The van der Waals surface area contributed by atoms with E-state index < -0.39 is 11.6 Å². The minimum Gasteiger partial charge on any atom is -0.330 e. The number of hydrogen-bond donors (Lipinski definition) is 1. The third-order valence-corrected chi connectivity index (χ3v) is 2.81. The molecule has 0 saturated carbocycles. The van der Waals surface area contributed by atoms with E-state index in [-0.39, 0.29) is 18.1 Å². The Morgan fingerprint density at radius 2 is 2.06 bits per heavy atom. The zero-order valence-corrected chi connectivity index (χ0v) is 9.88. The van der Waals surface area contributed by atoms with E-state index in [1.807, 2.05) is 6.92 Å². The number of Topliss-reactive ketones (excluding diaryl/α,β-unsaturated/α-hetero) is 1. The lowest BCUT2D eigenvalue weighted by molar-refractivity contribution is -0.119. The second-order valence-electron chi connectivity index (χ2n) is 4.18. The van der Waals surface area contributed by atoms with E-state index in [0.29, 0.717) is 18.5 Å². The maximum absolute atomic E-state index is 12.9. The number of ketones is 1. The van der Waals surface area contributed by atoms with Gasteiger partial charge in [0.05, 0.1) is 0 Å². The van der Waals surface area contributed by atoms with E-state index in [4.69, 9.17) is 5.73 Å². The molecule has 0 amide bonds. The first kappa shape index (κ1) is 13.8. The van der Waals surface area contributed by atoms with Crippen molar-refractivity contribution in [3.8, 4) is 0 Å². The summed E-state index contributed by atoms with van der Waals surface area (Å²) in [6.07, 6.45) is 1.37. The lowest BCUT2D eigenvalue weighted by atomic mass is 9.96. The van der Waals surface area contributed by atoms with Crippen molar-refractivity contribution < 1.29 is 13.6 Å². The fourth-order valence-electron chi connectivity index (χ4n) is 1.67. The molecule has 0 bridgehead atoms. The van der Waals surface area contributed by atoms with E-state index in [0.717, 1.165) is 18.6 Å². The Morgan fingerprint density at radius 3 is 2.59 bits per heavy atom. The highest BCUT2D eigenvalue weighted by atomic mass is 19.2. The molecule has 0 fully saturated rings. The van der Waals surface area contributed by atoms with Crippen LogP contribution < -0.4 is 5.73 Å². The summed E-state index contributed by atoms with van der Waals surface area (Å²) in [5.74, 6) is -1.63. The highest BCUT2D eigenvalue weighted by molar-refractivity contribution is 5.81. The average molecular weight is 241 g/mol. The molecular formula is C13H17F2NO. The van der Waals surface area contributed by atoms with E-state index >= 15 is 0 Å². The van der Waals surface area contributed by atoms with Gasteiger partial charge >= 0.3 is 0 Å². The Morgan fingerprint density at radius 1 is 1.35 bits per heavy atom. The van der Waals surface area contributed by atoms with Crippen LogP contribution in [0.15, 0.2) is 18.2 Å². The van der Waals surface area contributed by atoms with Gasteiger partial charge in [-0.15, -0.1) is 0 Å². The quantitative estimate of drug-likeness (QED) is 0.831. The molecule has 0 spiro atoms. The molecule has 2 N–H and O–H groups in total. The molecule has 2 nitrogen and oxygen atoms in total. The van der Waals surface area contributed by atoms with Crippen molar-refractivity contribution in [1.82, 2.24) is 0 Å². The van der Waals surface area contributed by atoms with Crippen molar-refractivity contribution in [2.75, 3.05) is 6.54 Å². The maximum atomic E-state index is 12.9. The Labute approximate surface area is 99.8 Å². The Kier molecular flexibility index (Phi) is 5.22. The molecule has 0 aliphatic rings. The van der Waals surface area contributed by atoms with Crippen LogP contribution in [0.5, 0.6) is 0 Å². The molecular weight excluding hydrogens is 224 g/mol. The van der Waals surface area contributed by atoms with Gasteiger partial charge in [0.2, 0.25) is 0 Å². The summed E-state index contributed by atoms with van der Waals surface area (Å²) in [5, 5.41) is 0. The van der Waals surface area contributed by atoms with Crippen LogP contribution >= 0.6 is 0 Å². The fourth-order valence-corrected chi connectivity index (χ4v) is 1.67. The first-order valence-corrected chi connectivity index (χ1v) is 5.72. The largest absolute Gasteiger partial charge is 0.330 e. The normalized spacial score (nSPS) is 12.5. The van der Waals surface area contributed by atoms with E-state index in [9.17, 15) is 13.6 Å². The van der Waals surface area contributed by atoms with Crippen LogP contribution in [0, 0.1) is 17.6 Å². The first-order valence-electron chi connectivity index (χ1n) is 5.72. The van der Waals surface area contributed by atoms with E-state index in [1.165, 1.54) is 6.07 Å². The fraction of sp³-hybridized carbons (Fsp3) is 0.462. The number of nitrogens with two attached hydrogens (primary N) is 1. The van der Waals surface area contributed by atoms with Gasteiger partial charge < -0.3 is 5.73 Å². The van der Waals surface area contributed by atoms with E-state index in [2.05, 4.69) is 0 Å². The Balaban J connectivity index is 2.58. The molecule has 1 aromatic rings. The molecule has 0 heterocycles. The first-order chi connectivity index (χ1) is 8.06. The molecule has 0 aliphatic heterocycles. The molecule has 1 atom stereocenters. The minimum absolute atomic E-state index is 0.00769. The van der Waals surface area contributed by atoms with Crippen molar-refractivity contribution in [3.63, 3.8) is 0 Å². The molecule has 1 unspecified atom stereocenters. The third kappa shape index (κ3) is 4.23. The summed E-state index contributed by atoms with van der Waals surface area (Å²) < 4.78 is 25.6. The van der Waals surface area contributed by atoms with Crippen molar-refractivity contribution in [1.29, 1.82) is 0 Å². The zero-order valence-electron chi connectivity index (χ0n) is 9.88. The van der Waals surface area contributed by atoms with E-state index in [1.54, 1.807) is 0 Å². The Hall–Kier alpha value is -1.29. The topological polar surface area (TPSA) is 43.1 Å². The highest BCUT2D eigenvalue weighted by Gasteiger charge is 2.12. The predicted molar refractivity (Wildman–Crippen MR) is 62.5 cm³/mol. The van der Waals surface area contributed by atoms with Crippen LogP contribution in [-0.2, 0) is 11.2 Å². The summed E-state index contributed by atoms with van der Waals surface area (Å²) in [5.41, 5.74) is 6.01. The van der Waals surface area contributed by atoms with Crippen molar-refractivity contribution in [3.05, 3.63) is 35.4 Å². The molecule has 0 saturated heterocycles. The minimum atomic E-state index is -0.916. The predicted octanol–water partition coefficient (Wildman–Crippen LogP) is 2.45. The lowest BCUT2D eigenvalue weighted by Crippen LogP contribution is -2.18. The van der Waals surface area contributed by atoms with Gasteiger partial charge in [0, 0.05) is 12.8 Å². The summed E-state index contributed by atoms with van der Waals surface area (Å²) in [4.78, 5) is 11.7. The van der Waals surface area contributed by atoms with Gasteiger partial charge in [-0.05, 0) is 30.2 Å². The van der Waals surface area contributed by atoms with Crippen molar-refractivity contribution in [2.24, 2.45) is 11.7 Å². The summed E-state index contributed by atoms with van der Waals surface area (Å²) in [7, 11) is 0. The average Bonchev–Trinajstić information content (AvgIpc) is 2.31. The molecule has 0 radical (unpaired) electrons. The zero-order chi connectivity index (χ0) is 12.8. The monoisotopic (exact) mass is 241 g/mol. The second kappa shape index (κ2) is 6.45. The maximum Gasteiger partial charge on any atom is 0.159 e. The van der Waals surface area contributed by atoms with Crippen LogP contribution in [0.3, 0.4) is 0 Å². The number of benzene rings is 1. The molecule has 94 valence electrons. The third-order valence-electron chi connectivity index (χ3n) is 2.81. The Bertz CT molecular complexity index is 389. The van der Waals surface area contributed by atoms with Gasteiger partial charge in [-0.2, -0.15) is 0 Å². The summed E-state index contributed by atoms with van der Waals surface area (Å²) >= 11 is 0. The smallest absolute Gasteiger partial charge is 0.159 e. The van der Waals surface area contributed by atoms with Crippen LogP contribution in [-0.4, -0.2) is 12.3 Å². The van der Waals surface area contributed by atoms with Gasteiger partial charge in [-0.25, -0.2) is 8.78 Å². The number of carbonyl (C=O) groups excluding carboxylic acids is 1. The number of halogens is 2. The van der Waals surface area contributed by atoms with Gasteiger partial charge in [-0.1, -0.05) is 19.4 Å². The molecule has 0 aliphatic carbocycles. The van der Waals surface area contributed by atoms with Crippen LogP contribution in [0.1, 0.15) is 25.3 Å². The van der Waals surface area contributed by atoms with Crippen LogP contribution in [0.2, 0.25) is 0 Å². The van der Waals surface area contributed by atoms with Crippen LogP contribution in [0.25, 0.3) is 0 Å². The van der Waals surface area contributed by atoms with Crippen LogP contribution in [0.4, 0.5) is 8.78 Å². The molecule has 0 aromatic heterocycles. The molecule has 1 rings (SSSR count). The number of rotatable bonds is 6. The van der Waals surface area contributed by atoms with Gasteiger partial charge in [0.15, 0.2) is 11.6 Å². The van der Waals surface area contributed by atoms with Gasteiger partial charge in [0.25, 0.3) is 0 Å². The van der Waals surface area contributed by atoms with Crippen molar-refractivity contribution >= 4 is 5.78 Å². The summed E-state index contributed by atoms with van der Waals surface area (Å²) in [6.45, 7) is 2.45. The van der Waals surface area contributed by atoms with Gasteiger partial charge in [-0.3, -0.25) is 4.79 Å². The standard InChI is InChI=1S/C13H17F2NO/c1-2-9(8-16)5-11(17)6-10-3-4-12(14)13(15)7-10/h3-4,7,9H,2,5-6,8,16H2,1H3. The van der Waals surface area contributed by atoms with Gasteiger partial charge in [0.1, 0.15) is 5.78 Å².